The van der Waals surface area contributed by atoms with Gasteiger partial charge in [0.2, 0.25) is 11.8 Å². The molecule has 1 saturated carbocycles. The molecular weight excluding hydrogens is 408 g/mol. The third-order valence-electron chi connectivity index (χ3n) is 7.57. The van der Waals surface area contributed by atoms with Crippen molar-refractivity contribution in [1.82, 2.24) is 9.80 Å². The predicted molar refractivity (Wildman–Crippen MR) is 122 cm³/mol. The van der Waals surface area contributed by atoms with E-state index in [1.54, 1.807) is 0 Å². The van der Waals surface area contributed by atoms with Crippen molar-refractivity contribution in [1.29, 1.82) is 0 Å². The zero-order valence-electron chi connectivity index (χ0n) is 18.0. The fourth-order valence-corrected chi connectivity index (χ4v) is 5.65. The number of carbonyl (C=O) groups excluding carboxylic acids is 2. The Labute approximate surface area is 189 Å². The molecule has 0 bridgehead atoms. The molecule has 2 aromatic carbocycles. The molecule has 1 saturated heterocycles. The van der Waals surface area contributed by atoms with E-state index in [2.05, 4.69) is 31.2 Å². The summed E-state index contributed by atoms with van der Waals surface area (Å²) in [6.07, 6.45) is 3.21. The summed E-state index contributed by atoms with van der Waals surface area (Å²) < 4.78 is 0. The molecule has 162 valence electrons. The highest BCUT2D eigenvalue weighted by atomic mass is 35.5. The van der Waals surface area contributed by atoms with Crippen LogP contribution in [0.15, 0.2) is 48.5 Å². The lowest BCUT2D eigenvalue weighted by Crippen LogP contribution is -2.51. The largest absolute Gasteiger partial charge is 0.342 e. The Balaban J connectivity index is 1.28. The third-order valence-corrected chi connectivity index (χ3v) is 7.82. The molecule has 2 amide bonds. The van der Waals surface area contributed by atoms with Gasteiger partial charge in [0.1, 0.15) is 0 Å². The van der Waals surface area contributed by atoms with Gasteiger partial charge in [0, 0.05) is 37.1 Å². The number of hydrogen-bond acceptors (Lipinski definition) is 2. The fourth-order valence-electron chi connectivity index (χ4n) is 5.52. The zero-order valence-corrected chi connectivity index (χ0v) is 18.8. The summed E-state index contributed by atoms with van der Waals surface area (Å²) in [6, 6.07) is 16.3. The van der Waals surface area contributed by atoms with Crippen LogP contribution in [-0.2, 0) is 22.6 Å². The minimum absolute atomic E-state index is 0.0768. The summed E-state index contributed by atoms with van der Waals surface area (Å²) in [7, 11) is 0. The molecule has 2 heterocycles. The van der Waals surface area contributed by atoms with E-state index in [1.807, 2.05) is 34.1 Å². The number of hydrogen-bond donors (Lipinski definition) is 0. The van der Waals surface area contributed by atoms with E-state index in [4.69, 9.17) is 11.6 Å². The van der Waals surface area contributed by atoms with Crippen LogP contribution in [-0.4, -0.2) is 41.2 Å². The van der Waals surface area contributed by atoms with Crippen molar-refractivity contribution in [2.24, 2.45) is 11.3 Å². The standard InChI is InChI=1S/C26H29ClN2O2/c1-2-28-17-20-6-4-3-5-19(20)16-26(25(28)31)11-13-29(14-12-26)24(30)23-15-22(23)18-7-9-21(27)10-8-18/h3-10,22-23H,2,11-17H2,1H3/t22-,23+/m0/s1. The SMILES string of the molecule is CCN1Cc2ccccc2CC2(CCN(C(=O)[C@@H]3C[C@H]3c3ccc(Cl)cc3)CC2)C1=O. The average Bonchev–Trinajstić information content (AvgIpc) is 3.60. The van der Waals surface area contributed by atoms with Crippen LogP contribution in [0.4, 0.5) is 0 Å². The van der Waals surface area contributed by atoms with Crippen LogP contribution in [0.2, 0.25) is 5.02 Å². The molecule has 5 rings (SSSR count). The van der Waals surface area contributed by atoms with E-state index in [-0.39, 0.29) is 23.1 Å². The van der Waals surface area contributed by atoms with E-state index >= 15 is 0 Å². The van der Waals surface area contributed by atoms with E-state index in [1.165, 1.54) is 16.7 Å². The van der Waals surface area contributed by atoms with Gasteiger partial charge < -0.3 is 9.80 Å². The number of nitrogens with zero attached hydrogens (tertiary/aromatic N) is 2. The first-order chi connectivity index (χ1) is 15.0. The Morgan fingerprint density at radius 1 is 1.06 bits per heavy atom. The minimum atomic E-state index is -0.376. The van der Waals surface area contributed by atoms with Gasteiger partial charge in [0.15, 0.2) is 0 Å². The second-order valence-electron chi connectivity index (χ2n) is 9.37. The molecule has 0 N–H and O–H groups in total. The minimum Gasteiger partial charge on any atom is -0.342 e. The monoisotopic (exact) mass is 436 g/mol. The van der Waals surface area contributed by atoms with Gasteiger partial charge in [-0.05, 0) is 67.3 Å². The number of amides is 2. The lowest BCUT2D eigenvalue weighted by Gasteiger charge is -2.42. The highest BCUT2D eigenvalue weighted by Gasteiger charge is 2.50. The predicted octanol–water partition coefficient (Wildman–Crippen LogP) is 4.66. The summed E-state index contributed by atoms with van der Waals surface area (Å²) in [5.41, 5.74) is 3.37. The first-order valence-corrected chi connectivity index (χ1v) is 11.8. The molecule has 31 heavy (non-hydrogen) atoms. The Bertz CT molecular complexity index is 995. The zero-order chi connectivity index (χ0) is 21.6. The first kappa shape index (κ1) is 20.6. The van der Waals surface area contributed by atoms with Crippen LogP contribution in [0.25, 0.3) is 0 Å². The smallest absolute Gasteiger partial charge is 0.229 e. The Hall–Kier alpha value is -2.33. The van der Waals surface area contributed by atoms with Crippen LogP contribution in [0, 0.1) is 11.3 Å². The van der Waals surface area contributed by atoms with E-state index in [0.29, 0.717) is 25.6 Å². The number of likely N-dealkylation sites (tertiary alicyclic amines) is 1. The van der Waals surface area contributed by atoms with Gasteiger partial charge in [-0.2, -0.15) is 0 Å². The van der Waals surface area contributed by atoms with Crippen molar-refractivity contribution in [3.63, 3.8) is 0 Å². The van der Waals surface area contributed by atoms with Gasteiger partial charge in [-0.1, -0.05) is 48.0 Å². The maximum absolute atomic E-state index is 13.5. The molecule has 5 heteroatoms. The van der Waals surface area contributed by atoms with Gasteiger partial charge >= 0.3 is 0 Å². The van der Waals surface area contributed by atoms with Gasteiger partial charge in [0.05, 0.1) is 5.41 Å². The lowest BCUT2D eigenvalue weighted by molar-refractivity contribution is -0.148. The fraction of sp³-hybridized carbons (Fsp3) is 0.462. The maximum atomic E-state index is 13.5. The molecule has 1 spiro atoms. The summed E-state index contributed by atoms with van der Waals surface area (Å²) in [6.45, 7) is 4.83. The van der Waals surface area contributed by atoms with E-state index in [0.717, 1.165) is 37.3 Å². The van der Waals surface area contributed by atoms with Gasteiger partial charge in [-0.3, -0.25) is 9.59 Å². The molecule has 0 radical (unpaired) electrons. The molecule has 3 aliphatic rings. The van der Waals surface area contributed by atoms with Gasteiger partial charge in [0.25, 0.3) is 0 Å². The van der Waals surface area contributed by atoms with Crippen LogP contribution in [0.1, 0.15) is 48.8 Å². The van der Waals surface area contributed by atoms with Crippen molar-refractivity contribution < 1.29 is 9.59 Å². The highest BCUT2D eigenvalue weighted by Crippen LogP contribution is 2.49. The Morgan fingerprint density at radius 2 is 1.74 bits per heavy atom. The lowest BCUT2D eigenvalue weighted by atomic mass is 9.72. The summed E-state index contributed by atoms with van der Waals surface area (Å²) in [5, 5.41) is 0.726. The molecule has 2 aromatic rings. The molecule has 2 atom stereocenters. The summed E-state index contributed by atoms with van der Waals surface area (Å²) in [4.78, 5) is 30.7. The summed E-state index contributed by atoms with van der Waals surface area (Å²) in [5.74, 6) is 0.905. The maximum Gasteiger partial charge on any atom is 0.229 e. The normalized spacial score (nSPS) is 24.6. The van der Waals surface area contributed by atoms with Crippen LogP contribution >= 0.6 is 11.6 Å². The Kier molecular flexibility index (Phi) is 5.29. The first-order valence-electron chi connectivity index (χ1n) is 11.4. The number of fused-ring (bicyclic) bond motifs is 1. The van der Waals surface area contributed by atoms with Crippen molar-refractivity contribution >= 4 is 23.4 Å². The average molecular weight is 437 g/mol. The summed E-state index contributed by atoms with van der Waals surface area (Å²) >= 11 is 6.00. The number of carbonyl (C=O) groups is 2. The van der Waals surface area contributed by atoms with Gasteiger partial charge in [-0.15, -0.1) is 0 Å². The molecule has 4 nitrogen and oxygen atoms in total. The van der Waals surface area contributed by atoms with Crippen molar-refractivity contribution in [3.8, 4) is 0 Å². The number of piperidine rings is 1. The van der Waals surface area contributed by atoms with E-state index < -0.39 is 0 Å². The molecule has 0 unspecified atom stereocenters. The molecular formula is C26H29ClN2O2. The molecule has 1 aliphatic carbocycles. The molecule has 0 aromatic heterocycles. The van der Waals surface area contributed by atoms with Crippen LogP contribution in [0.3, 0.4) is 0 Å². The van der Waals surface area contributed by atoms with Crippen molar-refractivity contribution in [3.05, 3.63) is 70.2 Å². The Morgan fingerprint density at radius 3 is 2.42 bits per heavy atom. The van der Waals surface area contributed by atoms with Crippen LogP contribution in [0.5, 0.6) is 0 Å². The van der Waals surface area contributed by atoms with Crippen molar-refractivity contribution in [2.75, 3.05) is 19.6 Å². The number of benzene rings is 2. The quantitative estimate of drug-likeness (QED) is 0.702. The van der Waals surface area contributed by atoms with Crippen LogP contribution < -0.4 is 0 Å². The second-order valence-corrected chi connectivity index (χ2v) is 9.81. The third kappa shape index (κ3) is 3.76. The number of rotatable bonds is 3. The van der Waals surface area contributed by atoms with E-state index in [9.17, 15) is 9.59 Å². The molecule has 2 fully saturated rings. The molecule has 2 aliphatic heterocycles. The van der Waals surface area contributed by atoms with Crippen molar-refractivity contribution in [2.45, 2.75) is 45.1 Å². The van der Waals surface area contributed by atoms with Gasteiger partial charge in [-0.25, -0.2) is 0 Å². The highest BCUT2D eigenvalue weighted by molar-refractivity contribution is 6.30. The second kappa shape index (κ2) is 7.98. The topological polar surface area (TPSA) is 40.6 Å². The number of halogens is 1.